The van der Waals surface area contributed by atoms with Crippen molar-refractivity contribution in [1.29, 1.82) is 0 Å². The molecule has 4 aromatic carbocycles. The highest BCUT2D eigenvalue weighted by molar-refractivity contribution is 7.98. The van der Waals surface area contributed by atoms with Crippen molar-refractivity contribution in [2.24, 2.45) is 0 Å². The Balaban J connectivity index is 1.71. The zero-order valence-electron chi connectivity index (χ0n) is 23.6. The molecule has 0 aliphatic carbocycles. The van der Waals surface area contributed by atoms with Crippen LogP contribution in [0.25, 0.3) is 11.1 Å². The van der Waals surface area contributed by atoms with Crippen LogP contribution in [0.2, 0.25) is 0 Å². The van der Waals surface area contributed by atoms with E-state index >= 15 is 0 Å². The molecule has 0 spiro atoms. The SMILES string of the molecule is COC(=O)[C@H](CCSC)NC(=O)c1ccc(CN(Cc2cccc(F)c2)c2ccccc2)cc1-c1ccccc1C. The van der Waals surface area contributed by atoms with Gasteiger partial charge in [-0.2, -0.15) is 11.8 Å². The molecule has 4 rings (SSSR count). The summed E-state index contributed by atoms with van der Waals surface area (Å²) in [5.41, 5.74) is 6.10. The van der Waals surface area contributed by atoms with Crippen LogP contribution in [0.4, 0.5) is 10.1 Å². The summed E-state index contributed by atoms with van der Waals surface area (Å²) < 4.78 is 18.9. The Kier molecular flexibility index (Phi) is 10.6. The molecule has 1 amide bonds. The lowest BCUT2D eigenvalue weighted by atomic mass is 9.93. The van der Waals surface area contributed by atoms with E-state index in [-0.39, 0.29) is 11.7 Å². The van der Waals surface area contributed by atoms with E-state index < -0.39 is 12.0 Å². The van der Waals surface area contributed by atoms with Crippen LogP contribution in [0, 0.1) is 12.7 Å². The predicted molar refractivity (Wildman–Crippen MR) is 166 cm³/mol. The number of nitrogens with zero attached hydrogens (tertiary/aromatic N) is 1. The summed E-state index contributed by atoms with van der Waals surface area (Å²) in [6, 6.07) is 29.6. The summed E-state index contributed by atoms with van der Waals surface area (Å²) in [6.45, 7) is 3.07. The molecule has 0 heterocycles. The molecule has 0 radical (unpaired) electrons. The first-order chi connectivity index (χ1) is 19.9. The van der Waals surface area contributed by atoms with E-state index in [9.17, 15) is 14.0 Å². The standard InChI is InChI=1S/C34H35FN2O3S/c1-24-10-7-8-15-29(24)31-21-26(16-17-30(31)33(38)36-32(18-19-41-3)34(39)40-2)23-37(28-13-5-4-6-14-28)22-25-11-9-12-27(35)20-25/h4-17,20-21,32H,18-19,22-23H2,1-3H3,(H,36,38)/t32-/m0/s1. The molecule has 41 heavy (non-hydrogen) atoms. The third-order valence-corrected chi connectivity index (χ3v) is 7.57. The summed E-state index contributed by atoms with van der Waals surface area (Å²) in [4.78, 5) is 28.2. The number of hydrogen-bond acceptors (Lipinski definition) is 5. The number of esters is 1. The second-order valence-corrected chi connectivity index (χ2v) is 10.8. The van der Waals surface area contributed by atoms with Crippen molar-refractivity contribution in [1.82, 2.24) is 5.32 Å². The maximum absolute atomic E-state index is 14.0. The maximum atomic E-state index is 14.0. The third-order valence-electron chi connectivity index (χ3n) is 6.92. The van der Waals surface area contributed by atoms with Gasteiger partial charge in [-0.15, -0.1) is 0 Å². The average Bonchev–Trinajstić information content (AvgIpc) is 2.99. The Morgan fingerprint density at radius 2 is 1.59 bits per heavy atom. The summed E-state index contributed by atoms with van der Waals surface area (Å²) in [7, 11) is 1.33. The highest BCUT2D eigenvalue weighted by Crippen LogP contribution is 2.30. The van der Waals surface area contributed by atoms with Crippen molar-refractivity contribution in [2.75, 3.05) is 24.0 Å². The molecule has 0 aliphatic rings. The normalized spacial score (nSPS) is 11.5. The lowest BCUT2D eigenvalue weighted by Gasteiger charge is -2.26. The zero-order chi connectivity index (χ0) is 29.2. The van der Waals surface area contributed by atoms with Crippen LogP contribution < -0.4 is 10.2 Å². The number of benzene rings is 4. The number of ether oxygens (including phenoxy) is 1. The van der Waals surface area contributed by atoms with Crippen LogP contribution in [0.15, 0.2) is 97.1 Å². The Bertz CT molecular complexity index is 1480. The molecule has 4 aromatic rings. The van der Waals surface area contributed by atoms with Gasteiger partial charge in [0.2, 0.25) is 0 Å². The minimum Gasteiger partial charge on any atom is -0.467 e. The van der Waals surface area contributed by atoms with E-state index in [1.807, 2.05) is 92.0 Å². The van der Waals surface area contributed by atoms with Gasteiger partial charge in [-0.3, -0.25) is 4.79 Å². The highest BCUT2D eigenvalue weighted by Gasteiger charge is 2.24. The summed E-state index contributed by atoms with van der Waals surface area (Å²) >= 11 is 1.61. The molecule has 1 atom stereocenters. The van der Waals surface area contributed by atoms with Crippen molar-refractivity contribution in [3.05, 3.63) is 125 Å². The molecule has 0 saturated carbocycles. The molecule has 0 unspecified atom stereocenters. The number of hydrogen-bond donors (Lipinski definition) is 1. The smallest absolute Gasteiger partial charge is 0.328 e. The molecule has 0 aliphatic heterocycles. The number of amides is 1. The number of nitrogens with one attached hydrogen (secondary N) is 1. The average molecular weight is 571 g/mol. The fourth-order valence-corrected chi connectivity index (χ4v) is 5.27. The van der Waals surface area contributed by atoms with Gasteiger partial charge in [-0.05, 0) is 89.6 Å². The van der Waals surface area contributed by atoms with E-state index in [1.165, 1.54) is 13.2 Å². The fraction of sp³-hybridized carbons (Fsp3) is 0.235. The van der Waals surface area contributed by atoms with Crippen molar-refractivity contribution >= 4 is 29.3 Å². The predicted octanol–water partition coefficient (Wildman–Crippen LogP) is 7.03. The molecule has 0 saturated heterocycles. The van der Waals surface area contributed by atoms with Gasteiger partial charge in [-0.1, -0.05) is 60.7 Å². The zero-order valence-corrected chi connectivity index (χ0v) is 24.4. The van der Waals surface area contributed by atoms with Crippen molar-refractivity contribution in [3.63, 3.8) is 0 Å². The molecule has 7 heteroatoms. The number of anilines is 1. The molecular weight excluding hydrogens is 535 g/mol. The maximum Gasteiger partial charge on any atom is 0.328 e. The number of para-hydroxylation sites is 1. The first-order valence-electron chi connectivity index (χ1n) is 13.5. The first kappa shape index (κ1) is 29.9. The molecule has 1 N–H and O–H groups in total. The lowest BCUT2D eigenvalue weighted by molar-refractivity contribution is -0.142. The number of rotatable bonds is 12. The molecule has 0 fully saturated rings. The molecule has 212 valence electrons. The van der Waals surface area contributed by atoms with Gasteiger partial charge >= 0.3 is 5.97 Å². The van der Waals surface area contributed by atoms with Crippen molar-refractivity contribution in [2.45, 2.75) is 32.5 Å². The van der Waals surface area contributed by atoms with E-state index in [2.05, 4.69) is 10.2 Å². The van der Waals surface area contributed by atoms with Gasteiger partial charge in [0, 0.05) is 24.3 Å². The Morgan fingerprint density at radius 3 is 2.27 bits per heavy atom. The molecular formula is C34H35FN2O3S. The molecule has 0 aromatic heterocycles. The number of aryl methyl sites for hydroxylation is 1. The number of thioether (sulfide) groups is 1. The van der Waals surface area contributed by atoms with Crippen LogP contribution in [0.1, 0.15) is 33.5 Å². The van der Waals surface area contributed by atoms with Crippen LogP contribution in [-0.4, -0.2) is 37.0 Å². The lowest BCUT2D eigenvalue weighted by Crippen LogP contribution is -2.42. The van der Waals surface area contributed by atoms with E-state index in [0.29, 0.717) is 30.8 Å². The second-order valence-electron chi connectivity index (χ2n) is 9.85. The quantitative estimate of drug-likeness (QED) is 0.185. The van der Waals surface area contributed by atoms with Gasteiger partial charge in [0.25, 0.3) is 5.91 Å². The van der Waals surface area contributed by atoms with Crippen molar-refractivity contribution < 1.29 is 18.7 Å². The highest BCUT2D eigenvalue weighted by atomic mass is 32.2. The molecule has 5 nitrogen and oxygen atoms in total. The van der Waals surface area contributed by atoms with Crippen LogP contribution in [-0.2, 0) is 22.6 Å². The number of methoxy groups -OCH3 is 1. The van der Waals surface area contributed by atoms with Crippen LogP contribution in [0.5, 0.6) is 0 Å². The third kappa shape index (κ3) is 7.98. The van der Waals surface area contributed by atoms with Gasteiger partial charge in [0.1, 0.15) is 11.9 Å². The second kappa shape index (κ2) is 14.5. The number of carbonyl (C=O) groups excluding carboxylic acids is 2. The Morgan fingerprint density at radius 1 is 0.878 bits per heavy atom. The summed E-state index contributed by atoms with van der Waals surface area (Å²) in [5, 5.41) is 2.90. The van der Waals surface area contributed by atoms with Gasteiger partial charge in [0.05, 0.1) is 7.11 Å². The topological polar surface area (TPSA) is 58.6 Å². The molecule has 0 bridgehead atoms. The van der Waals surface area contributed by atoms with Crippen molar-refractivity contribution in [3.8, 4) is 11.1 Å². The van der Waals surface area contributed by atoms with Gasteiger partial charge in [0.15, 0.2) is 0 Å². The number of carbonyl (C=O) groups is 2. The number of halogens is 1. The van der Waals surface area contributed by atoms with E-state index in [4.69, 9.17) is 4.74 Å². The largest absolute Gasteiger partial charge is 0.467 e. The van der Waals surface area contributed by atoms with Gasteiger partial charge in [-0.25, -0.2) is 9.18 Å². The minimum atomic E-state index is -0.732. The Labute approximate surface area is 245 Å². The fourth-order valence-electron chi connectivity index (χ4n) is 4.80. The monoisotopic (exact) mass is 570 g/mol. The van der Waals surface area contributed by atoms with E-state index in [1.54, 1.807) is 23.9 Å². The first-order valence-corrected chi connectivity index (χ1v) is 14.9. The summed E-state index contributed by atoms with van der Waals surface area (Å²) in [6.07, 6.45) is 2.43. The van der Waals surface area contributed by atoms with Gasteiger partial charge < -0.3 is 15.0 Å². The Hall–Kier alpha value is -4.10. The van der Waals surface area contributed by atoms with Crippen LogP contribution in [0.3, 0.4) is 0 Å². The van der Waals surface area contributed by atoms with Crippen LogP contribution >= 0.6 is 11.8 Å². The summed E-state index contributed by atoms with van der Waals surface area (Å²) in [5.74, 6) is -0.344. The van der Waals surface area contributed by atoms with E-state index in [0.717, 1.165) is 33.5 Å². The minimum absolute atomic E-state index is 0.268.